The fourth-order valence-electron chi connectivity index (χ4n) is 3.96. The van der Waals surface area contributed by atoms with Crippen LogP contribution in [0.5, 0.6) is 0 Å². The van der Waals surface area contributed by atoms with E-state index in [1.54, 1.807) is 6.92 Å². The number of hydrogen-bond acceptors (Lipinski definition) is 5. The first-order valence-corrected chi connectivity index (χ1v) is 9.14. The molecule has 26 heavy (non-hydrogen) atoms. The summed E-state index contributed by atoms with van der Waals surface area (Å²) in [5.41, 5.74) is 1.98. The molecule has 1 aliphatic rings. The molecule has 1 aliphatic carbocycles. The van der Waals surface area contributed by atoms with Crippen LogP contribution in [0.3, 0.4) is 0 Å². The fourth-order valence-corrected chi connectivity index (χ4v) is 3.96. The van der Waals surface area contributed by atoms with Crippen molar-refractivity contribution in [1.29, 1.82) is 0 Å². The average Bonchev–Trinajstić information content (AvgIpc) is 3.29. The van der Waals surface area contributed by atoms with Gasteiger partial charge in [0.1, 0.15) is 11.3 Å². The Morgan fingerprint density at radius 1 is 1.19 bits per heavy atom. The molecule has 6 heteroatoms. The molecule has 136 valence electrons. The standard InChI is InChI=1S/C20H23N3O3/c1-12-17(16-5-3-4-6-18(16)25-12)11-20-23-22-19(26-20)10-14-7-8-15(9-14)21-13(2)24/h3-6,14-15H,7-11H2,1-2H3,(H,21,24)/t14-,15+/m1/s1. The minimum absolute atomic E-state index is 0.0402. The molecule has 0 saturated heterocycles. The van der Waals surface area contributed by atoms with Crippen LogP contribution >= 0.6 is 0 Å². The van der Waals surface area contributed by atoms with Crippen LogP contribution < -0.4 is 5.32 Å². The van der Waals surface area contributed by atoms with Crippen molar-refractivity contribution in [3.05, 3.63) is 47.4 Å². The molecule has 0 aliphatic heterocycles. The fraction of sp³-hybridized carbons (Fsp3) is 0.450. The Kier molecular flexibility index (Phi) is 4.49. The van der Waals surface area contributed by atoms with Crippen molar-refractivity contribution in [3.8, 4) is 0 Å². The van der Waals surface area contributed by atoms with Gasteiger partial charge in [-0.1, -0.05) is 18.2 Å². The number of aromatic nitrogens is 2. The first-order chi connectivity index (χ1) is 12.6. The number of nitrogens with one attached hydrogen (secondary N) is 1. The molecule has 0 radical (unpaired) electrons. The lowest BCUT2D eigenvalue weighted by molar-refractivity contribution is -0.119. The number of rotatable bonds is 5. The second kappa shape index (κ2) is 6.94. The molecule has 2 atom stereocenters. The molecule has 3 aromatic rings. The highest BCUT2D eigenvalue weighted by Gasteiger charge is 2.27. The molecule has 4 rings (SSSR count). The van der Waals surface area contributed by atoms with E-state index in [0.29, 0.717) is 24.1 Å². The number of carbonyl (C=O) groups excluding carboxylic acids is 1. The summed E-state index contributed by atoms with van der Waals surface area (Å²) in [7, 11) is 0. The summed E-state index contributed by atoms with van der Waals surface area (Å²) in [6.45, 7) is 3.53. The smallest absolute Gasteiger partial charge is 0.221 e. The van der Waals surface area contributed by atoms with Gasteiger partial charge in [0.25, 0.3) is 0 Å². The van der Waals surface area contributed by atoms with Crippen LogP contribution in [0, 0.1) is 12.8 Å². The molecule has 1 N–H and O–H groups in total. The van der Waals surface area contributed by atoms with Gasteiger partial charge in [-0.2, -0.15) is 0 Å². The largest absolute Gasteiger partial charge is 0.461 e. The van der Waals surface area contributed by atoms with Gasteiger partial charge < -0.3 is 14.2 Å². The van der Waals surface area contributed by atoms with Gasteiger partial charge in [0.15, 0.2) is 0 Å². The number of fused-ring (bicyclic) bond motifs is 1. The summed E-state index contributed by atoms with van der Waals surface area (Å²) in [6.07, 6.45) is 4.42. The number of nitrogens with zero attached hydrogens (tertiary/aromatic N) is 2. The van der Waals surface area contributed by atoms with Crippen molar-refractivity contribution in [1.82, 2.24) is 15.5 Å². The average molecular weight is 353 g/mol. The first-order valence-electron chi connectivity index (χ1n) is 9.14. The van der Waals surface area contributed by atoms with E-state index in [1.165, 1.54) is 0 Å². The summed E-state index contributed by atoms with van der Waals surface area (Å²) >= 11 is 0. The van der Waals surface area contributed by atoms with E-state index < -0.39 is 0 Å². The Morgan fingerprint density at radius 3 is 2.85 bits per heavy atom. The molecule has 0 bridgehead atoms. The van der Waals surface area contributed by atoms with Gasteiger partial charge in [-0.3, -0.25) is 4.79 Å². The highest BCUT2D eigenvalue weighted by Crippen LogP contribution is 2.30. The Bertz CT molecular complexity index is 927. The molecule has 2 heterocycles. The van der Waals surface area contributed by atoms with Crippen LogP contribution in [0.1, 0.15) is 49.3 Å². The maximum Gasteiger partial charge on any atom is 0.221 e. The predicted molar refractivity (Wildman–Crippen MR) is 96.7 cm³/mol. The molecular formula is C20H23N3O3. The lowest BCUT2D eigenvalue weighted by Gasteiger charge is -2.10. The molecule has 1 aromatic carbocycles. The van der Waals surface area contributed by atoms with Gasteiger partial charge >= 0.3 is 0 Å². The van der Waals surface area contributed by atoms with Crippen molar-refractivity contribution in [3.63, 3.8) is 0 Å². The Hall–Kier alpha value is -2.63. The minimum atomic E-state index is 0.0402. The monoisotopic (exact) mass is 353 g/mol. The second-order valence-corrected chi connectivity index (χ2v) is 7.18. The van der Waals surface area contributed by atoms with Gasteiger partial charge in [0.05, 0.1) is 6.42 Å². The van der Waals surface area contributed by atoms with Gasteiger partial charge in [0, 0.05) is 30.3 Å². The van der Waals surface area contributed by atoms with Crippen LogP contribution in [0.4, 0.5) is 0 Å². The van der Waals surface area contributed by atoms with Crippen molar-refractivity contribution in [2.24, 2.45) is 5.92 Å². The van der Waals surface area contributed by atoms with E-state index in [4.69, 9.17) is 8.83 Å². The summed E-state index contributed by atoms with van der Waals surface area (Å²) in [6, 6.07) is 8.27. The Morgan fingerprint density at radius 2 is 2.00 bits per heavy atom. The normalized spacial score (nSPS) is 19.9. The molecule has 1 fully saturated rings. The zero-order chi connectivity index (χ0) is 18.1. The minimum Gasteiger partial charge on any atom is -0.461 e. The Labute approximate surface area is 152 Å². The van der Waals surface area contributed by atoms with E-state index in [1.807, 2.05) is 25.1 Å². The number of benzene rings is 1. The lowest BCUT2D eigenvalue weighted by atomic mass is 10.0. The summed E-state index contributed by atoms with van der Waals surface area (Å²) < 4.78 is 11.7. The number of carbonyl (C=O) groups is 1. The van der Waals surface area contributed by atoms with E-state index in [9.17, 15) is 4.79 Å². The van der Waals surface area contributed by atoms with E-state index in [-0.39, 0.29) is 11.9 Å². The molecule has 2 aromatic heterocycles. The SMILES string of the molecule is CC(=O)N[C@H]1CC[C@@H](Cc2nnc(Cc3c(C)oc4ccccc34)o2)C1. The number of aryl methyl sites for hydroxylation is 1. The highest BCUT2D eigenvalue weighted by atomic mass is 16.4. The van der Waals surface area contributed by atoms with Crippen LogP contribution in [-0.4, -0.2) is 22.1 Å². The second-order valence-electron chi connectivity index (χ2n) is 7.18. The van der Waals surface area contributed by atoms with Gasteiger partial charge in [0.2, 0.25) is 17.7 Å². The topological polar surface area (TPSA) is 81.2 Å². The first kappa shape index (κ1) is 16.8. The molecular weight excluding hydrogens is 330 g/mol. The number of furan rings is 1. The summed E-state index contributed by atoms with van der Waals surface area (Å²) in [4.78, 5) is 11.2. The van der Waals surface area contributed by atoms with Crippen molar-refractivity contribution in [2.75, 3.05) is 0 Å². The molecule has 6 nitrogen and oxygen atoms in total. The third kappa shape index (κ3) is 3.49. The number of amides is 1. The van der Waals surface area contributed by atoms with Crippen molar-refractivity contribution < 1.29 is 13.6 Å². The van der Waals surface area contributed by atoms with Crippen LogP contribution in [0.15, 0.2) is 33.1 Å². The molecule has 1 saturated carbocycles. The summed E-state index contributed by atoms with van der Waals surface area (Å²) in [5.74, 6) is 2.71. The van der Waals surface area contributed by atoms with E-state index in [0.717, 1.165) is 48.0 Å². The third-order valence-electron chi connectivity index (χ3n) is 5.15. The zero-order valence-corrected chi connectivity index (χ0v) is 15.1. The van der Waals surface area contributed by atoms with E-state index in [2.05, 4.69) is 21.6 Å². The van der Waals surface area contributed by atoms with Crippen molar-refractivity contribution in [2.45, 2.75) is 52.0 Å². The maximum atomic E-state index is 11.2. The van der Waals surface area contributed by atoms with Gasteiger partial charge in [-0.25, -0.2) is 0 Å². The summed E-state index contributed by atoms with van der Waals surface area (Å²) in [5, 5.41) is 12.5. The Balaban J connectivity index is 1.42. The van der Waals surface area contributed by atoms with Crippen LogP contribution in [0.25, 0.3) is 11.0 Å². The maximum absolute atomic E-state index is 11.2. The molecule has 1 amide bonds. The highest BCUT2D eigenvalue weighted by molar-refractivity contribution is 5.82. The van der Waals surface area contributed by atoms with Crippen molar-refractivity contribution >= 4 is 16.9 Å². The molecule has 0 unspecified atom stereocenters. The quantitative estimate of drug-likeness (QED) is 0.758. The molecule has 0 spiro atoms. The lowest BCUT2D eigenvalue weighted by Crippen LogP contribution is -2.30. The third-order valence-corrected chi connectivity index (χ3v) is 5.15. The van der Waals surface area contributed by atoms with Crippen LogP contribution in [-0.2, 0) is 17.6 Å². The van der Waals surface area contributed by atoms with Gasteiger partial charge in [-0.15, -0.1) is 10.2 Å². The van der Waals surface area contributed by atoms with E-state index >= 15 is 0 Å². The predicted octanol–water partition coefficient (Wildman–Crippen LogP) is 3.56. The zero-order valence-electron chi connectivity index (χ0n) is 15.1. The number of hydrogen-bond donors (Lipinski definition) is 1. The van der Waals surface area contributed by atoms with Crippen LogP contribution in [0.2, 0.25) is 0 Å². The number of para-hydroxylation sites is 1. The van der Waals surface area contributed by atoms with Gasteiger partial charge in [-0.05, 0) is 38.2 Å².